The van der Waals surface area contributed by atoms with Gasteiger partial charge in [-0.25, -0.2) is 0 Å². The molecule has 0 spiro atoms. The number of aromatic nitrogens is 1. The van der Waals surface area contributed by atoms with Gasteiger partial charge in [0.15, 0.2) is 11.5 Å². The smallest absolute Gasteiger partial charge is 0.270 e. The number of hydrogen-bond acceptors (Lipinski definition) is 5. The second-order valence-electron chi connectivity index (χ2n) is 6.59. The van der Waals surface area contributed by atoms with E-state index in [1.165, 1.54) is 33.3 Å². The first-order valence-electron chi connectivity index (χ1n) is 9.11. The van der Waals surface area contributed by atoms with Gasteiger partial charge in [0.25, 0.3) is 5.91 Å². The molecule has 2 amide bonds. The average molecular weight is 466 g/mol. The van der Waals surface area contributed by atoms with Crippen molar-refractivity contribution < 1.29 is 23.8 Å². The van der Waals surface area contributed by atoms with Crippen molar-refractivity contribution in [2.24, 2.45) is 0 Å². The number of fused-ring (bicyclic) bond motifs is 1. The Hall–Kier alpha value is -3.10. The number of nitrogens with zero attached hydrogens (tertiary/aromatic N) is 1. The largest absolute Gasteiger partial charge is 0.496 e. The zero-order chi connectivity index (χ0) is 22.7. The predicted molar refractivity (Wildman–Crippen MR) is 120 cm³/mol. The van der Waals surface area contributed by atoms with Crippen LogP contribution in [0.15, 0.2) is 30.3 Å². The molecular formula is C21H21Cl2N3O5. The molecule has 2 aromatic carbocycles. The van der Waals surface area contributed by atoms with Gasteiger partial charge in [-0.15, -0.1) is 0 Å². The van der Waals surface area contributed by atoms with Crippen LogP contribution in [0.3, 0.4) is 0 Å². The number of carbonyl (C=O) groups is 2. The zero-order valence-electron chi connectivity index (χ0n) is 17.3. The number of rotatable bonds is 7. The van der Waals surface area contributed by atoms with Crippen LogP contribution in [0.25, 0.3) is 10.9 Å². The Balaban J connectivity index is 1.84. The number of methoxy groups -OCH3 is 3. The Bertz CT molecular complexity index is 1130. The number of benzene rings is 2. The highest BCUT2D eigenvalue weighted by Crippen LogP contribution is 2.41. The lowest BCUT2D eigenvalue weighted by molar-refractivity contribution is -0.116. The topological polar surface area (TPSA) is 92.9 Å². The van der Waals surface area contributed by atoms with Crippen LogP contribution in [0.1, 0.15) is 10.5 Å². The summed E-state index contributed by atoms with van der Waals surface area (Å²) in [5.74, 6) is 0.554. The summed E-state index contributed by atoms with van der Waals surface area (Å²) in [5, 5.41) is 3.88. The van der Waals surface area contributed by atoms with Crippen molar-refractivity contribution in [3.63, 3.8) is 0 Å². The summed E-state index contributed by atoms with van der Waals surface area (Å²) in [6.07, 6.45) is 0. The number of hydrogen-bond donors (Lipinski definition) is 2. The van der Waals surface area contributed by atoms with Gasteiger partial charge in [0, 0.05) is 18.5 Å². The van der Waals surface area contributed by atoms with Gasteiger partial charge >= 0.3 is 0 Å². The number of aromatic amines is 1. The Morgan fingerprint density at radius 1 is 1.03 bits per heavy atom. The van der Waals surface area contributed by atoms with Gasteiger partial charge in [-0.05, 0) is 18.2 Å². The molecule has 3 rings (SSSR count). The molecule has 1 heterocycles. The lowest BCUT2D eigenvalue weighted by Crippen LogP contribution is -2.35. The highest BCUT2D eigenvalue weighted by atomic mass is 35.5. The molecule has 8 nitrogen and oxygen atoms in total. The molecule has 31 heavy (non-hydrogen) atoms. The fraction of sp³-hybridized carbons (Fsp3) is 0.238. The van der Waals surface area contributed by atoms with Crippen molar-refractivity contribution in [2.45, 2.75) is 0 Å². The van der Waals surface area contributed by atoms with Gasteiger partial charge < -0.3 is 29.4 Å². The van der Waals surface area contributed by atoms with Crippen LogP contribution in [-0.4, -0.2) is 56.6 Å². The van der Waals surface area contributed by atoms with Crippen molar-refractivity contribution in [3.8, 4) is 17.2 Å². The molecular weight excluding hydrogens is 445 g/mol. The van der Waals surface area contributed by atoms with Crippen LogP contribution in [0.5, 0.6) is 17.2 Å². The summed E-state index contributed by atoms with van der Waals surface area (Å²) < 4.78 is 16.2. The molecule has 0 fully saturated rings. The molecule has 0 aliphatic heterocycles. The van der Waals surface area contributed by atoms with E-state index < -0.39 is 11.8 Å². The number of halogens is 2. The van der Waals surface area contributed by atoms with E-state index >= 15 is 0 Å². The number of likely N-dealkylation sites (N-methyl/N-ethyl adjacent to an activating group) is 1. The van der Waals surface area contributed by atoms with Gasteiger partial charge in [0.05, 0.1) is 49.1 Å². The van der Waals surface area contributed by atoms with E-state index in [9.17, 15) is 9.59 Å². The van der Waals surface area contributed by atoms with E-state index in [4.69, 9.17) is 37.4 Å². The zero-order valence-corrected chi connectivity index (χ0v) is 18.9. The number of ether oxygens (including phenoxy) is 3. The predicted octanol–water partition coefficient (Wildman–Crippen LogP) is 4.21. The third-order valence-corrected chi connectivity index (χ3v) is 5.26. The maximum atomic E-state index is 12.9. The molecule has 0 atom stereocenters. The van der Waals surface area contributed by atoms with Gasteiger partial charge in [0.2, 0.25) is 5.91 Å². The monoisotopic (exact) mass is 465 g/mol. The van der Waals surface area contributed by atoms with Crippen LogP contribution in [0.2, 0.25) is 10.0 Å². The molecule has 1 aromatic heterocycles. The second kappa shape index (κ2) is 9.36. The molecule has 0 bridgehead atoms. The molecule has 0 aliphatic carbocycles. The number of para-hydroxylation sites is 1. The molecule has 164 valence electrons. The number of nitrogens with one attached hydrogen (secondary N) is 2. The first-order valence-corrected chi connectivity index (χ1v) is 9.87. The number of carbonyl (C=O) groups excluding carboxylic acids is 2. The average Bonchev–Trinajstić information content (AvgIpc) is 3.19. The van der Waals surface area contributed by atoms with E-state index in [0.717, 1.165) is 0 Å². The number of amides is 2. The highest BCUT2D eigenvalue weighted by molar-refractivity contribution is 6.39. The molecule has 0 saturated heterocycles. The minimum atomic E-state index is -0.446. The first-order chi connectivity index (χ1) is 14.8. The Labute approximate surface area is 189 Å². The summed E-state index contributed by atoms with van der Waals surface area (Å²) in [4.78, 5) is 29.7. The van der Waals surface area contributed by atoms with E-state index in [-0.39, 0.29) is 12.2 Å². The molecule has 0 unspecified atom stereocenters. The summed E-state index contributed by atoms with van der Waals surface area (Å²) in [7, 11) is 6.04. The lowest BCUT2D eigenvalue weighted by atomic mass is 10.2. The maximum Gasteiger partial charge on any atom is 0.270 e. The van der Waals surface area contributed by atoms with Crippen LogP contribution in [-0.2, 0) is 4.79 Å². The van der Waals surface area contributed by atoms with Gasteiger partial charge in [-0.2, -0.15) is 0 Å². The summed E-state index contributed by atoms with van der Waals surface area (Å²) in [6.45, 7) is -0.215. The third-order valence-electron chi connectivity index (χ3n) is 4.63. The fourth-order valence-electron chi connectivity index (χ4n) is 3.14. The standard InChI is InChI=1S/C21H21Cl2N3O5/c1-26(10-17(27)25-19-12(22)6-5-7-13(19)23)21(28)14-8-11-15(29-2)9-16(30-3)20(31-4)18(11)24-14/h5-9,24H,10H2,1-4H3,(H,25,27). The van der Waals surface area contributed by atoms with E-state index in [0.29, 0.717) is 43.9 Å². The van der Waals surface area contributed by atoms with Crippen molar-refractivity contribution >= 4 is 51.6 Å². The number of anilines is 1. The van der Waals surface area contributed by atoms with Crippen molar-refractivity contribution in [1.29, 1.82) is 0 Å². The minimum absolute atomic E-state index is 0.215. The lowest BCUT2D eigenvalue weighted by Gasteiger charge is -2.16. The van der Waals surface area contributed by atoms with Crippen LogP contribution < -0.4 is 19.5 Å². The molecule has 0 saturated carbocycles. The van der Waals surface area contributed by atoms with Gasteiger partial charge in [0.1, 0.15) is 11.4 Å². The first kappa shape index (κ1) is 22.6. The Morgan fingerprint density at radius 3 is 2.26 bits per heavy atom. The highest BCUT2D eigenvalue weighted by Gasteiger charge is 2.22. The van der Waals surface area contributed by atoms with Crippen molar-refractivity contribution in [1.82, 2.24) is 9.88 Å². The van der Waals surface area contributed by atoms with Gasteiger partial charge in [-0.1, -0.05) is 29.3 Å². The Morgan fingerprint density at radius 2 is 1.68 bits per heavy atom. The third kappa shape index (κ3) is 4.50. The van der Waals surface area contributed by atoms with Crippen LogP contribution in [0.4, 0.5) is 5.69 Å². The summed E-state index contributed by atoms with van der Waals surface area (Å²) >= 11 is 12.2. The maximum absolute atomic E-state index is 12.9. The van der Waals surface area contributed by atoms with Gasteiger partial charge in [-0.3, -0.25) is 9.59 Å². The molecule has 2 N–H and O–H groups in total. The van der Waals surface area contributed by atoms with Crippen LogP contribution in [0, 0.1) is 0 Å². The van der Waals surface area contributed by atoms with Crippen molar-refractivity contribution in [3.05, 3.63) is 46.1 Å². The summed E-state index contributed by atoms with van der Waals surface area (Å²) in [5.41, 5.74) is 1.09. The summed E-state index contributed by atoms with van der Waals surface area (Å²) in [6, 6.07) is 8.20. The molecule has 10 heteroatoms. The molecule has 0 radical (unpaired) electrons. The normalized spacial score (nSPS) is 10.6. The molecule has 0 aliphatic rings. The number of H-pyrrole nitrogens is 1. The SMILES string of the molecule is COc1cc(OC)c2cc(C(=O)N(C)CC(=O)Nc3c(Cl)cccc3Cl)[nH]c2c1OC. The van der Waals surface area contributed by atoms with Crippen molar-refractivity contribution in [2.75, 3.05) is 40.2 Å². The van der Waals surface area contributed by atoms with E-state index in [1.54, 1.807) is 30.3 Å². The van der Waals surface area contributed by atoms with E-state index in [1.807, 2.05) is 0 Å². The van der Waals surface area contributed by atoms with Crippen LogP contribution >= 0.6 is 23.2 Å². The second-order valence-corrected chi connectivity index (χ2v) is 7.41. The Kier molecular flexibility index (Phi) is 6.82. The molecule has 3 aromatic rings. The minimum Gasteiger partial charge on any atom is -0.496 e. The fourth-order valence-corrected chi connectivity index (χ4v) is 3.63. The quantitative estimate of drug-likeness (QED) is 0.544. The van der Waals surface area contributed by atoms with E-state index in [2.05, 4.69) is 10.3 Å².